The number of anilines is 1. The lowest BCUT2D eigenvalue weighted by Crippen LogP contribution is -2.21. The third-order valence-corrected chi connectivity index (χ3v) is 2.54. The van der Waals surface area contributed by atoms with E-state index in [0.29, 0.717) is 11.3 Å². The lowest BCUT2D eigenvalue weighted by molar-refractivity contribution is -0.114. The first-order valence-corrected chi connectivity index (χ1v) is 5.79. The highest BCUT2D eigenvalue weighted by atomic mass is 16.3. The van der Waals surface area contributed by atoms with Crippen molar-refractivity contribution < 1.29 is 15.0 Å². The van der Waals surface area contributed by atoms with Crippen molar-refractivity contribution in [3.8, 4) is 0 Å². The Morgan fingerprint density at radius 2 is 2.16 bits per heavy atom. The fraction of sp³-hybridized carbons (Fsp3) is 0.417. The van der Waals surface area contributed by atoms with Gasteiger partial charge in [-0.1, -0.05) is 23.3 Å². The molecule has 0 radical (unpaired) electrons. The van der Waals surface area contributed by atoms with Gasteiger partial charge in [0.05, 0.1) is 6.10 Å². The fourth-order valence-electron chi connectivity index (χ4n) is 1.66. The minimum Gasteiger partial charge on any atom is -0.390 e. The molecule has 102 valence electrons. The number of carbonyl (C=O) groups excluding carboxylic acids is 1. The second-order valence-corrected chi connectivity index (χ2v) is 4.02. The van der Waals surface area contributed by atoms with E-state index in [2.05, 4.69) is 15.3 Å². The number of benzene rings is 1. The van der Waals surface area contributed by atoms with Crippen molar-refractivity contribution in [1.82, 2.24) is 0 Å². The molecule has 1 rings (SSSR count). The normalized spacial score (nSPS) is 13.2. The molecule has 3 N–H and O–H groups in total. The predicted octanol–water partition coefficient (Wildman–Crippen LogP) is 1.74. The molecule has 2 unspecified atom stereocenters. The number of carbonyl (C=O) groups is 1. The van der Waals surface area contributed by atoms with Crippen molar-refractivity contribution >= 4 is 11.6 Å². The molecule has 0 aliphatic rings. The van der Waals surface area contributed by atoms with Crippen LogP contribution in [0.2, 0.25) is 0 Å². The molecular formula is C12H16N4O3. The fourth-order valence-corrected chi connectivity index (χ4v) is 1.66. The van der Waals surface area contributed by atoms with Gasteiger partial charge in [0.2, 0.25) is 5.91 Å². The molecule has 0 heterocycles. The van der Waals surface area contributed by atoms with Crippen LogP contribution in [0, 0.1) is 0 Å². The van der Waals surface area contributed by atoms with Gasteiger partial charge in [0.25, 0.3) is 0 Å². The topological polar surface area (TPSA) is 118 Å². The summed E-state index contributed by atoms with van der Waals surface area (Å²) >= 11 is 0. The van der Waals surface area contributed by atoms with Gasteiger partial charge in [-0.3, -0.25) is 4.79 Å². The molecular weight excluding hydrogens is 248 g/mol. The van der Waals surface area contributed by atoms with E-state index in [9.17, 15) is 15.0 Å². The Morgan fingerprint density at radius 1 is 1.47 bits per heavy atom. The Balaban J connectivity index is 2.82. The molecule has 0 fully saturated rings. The van der Waals surface area contributed by atoms with E-state index in [0.717, 1.165) is 0 Å². The molecule has 0 aromatic heterocycles. The van der Waals surface area contributed by atoms with Crippen molar-refractivity contribution in [2.24, 2.45) is 5.11 Å². The maximum absolute atomic E-state index is 11.1. The van der Waals surface area contributed by atoms with Gasteiger partial charge in [-0.25, -0.2) is 0 Å². The molecule has 0 saturated carbocycles. The Morgan fingerprint density at radius 3 is 2.79 bits per heavy atom. The maximum atomic E-state index is 11.1. The summed E-state index contributed by atoms with van der Waals surface area (Å²) in [7, 11) is 0. The van der Waals surface area contributed by atoms with Crippen LogP contribution >= 0.6 is 0 Å². The Bertz CT molecular complexity index is 486. The van der Waals surface area contributed by atoms with Crippen LogP contribution in [0.3, 0.4) is 0 Å². The molecule has 0 spiro atoms. The summed E-state index contributed by atoms with van der Waals surface area (Å²) in [5.41, 5.74) is 9.02. The van der Waals surface area contributed by atoms with Gasteiger partial charge in [-0.2, -0.15) is 0 Å². The Labute approximate surface area is 110 Å². The minimum atomic E-state index is -1.16. The smallest absolute Gasteiger partial charge is 0.221 e. The molecule has 0 saturated heterocycles. The van der Waals surface area contributed by atoms with Gasteiger partial charge in [0.15, 0.2) is 0 Å². The number of aliphatic hydroxyl groups is 2. The van der Waals surface area contributed by atoms with Crippen molar-refractivity contribution in [3.63, 3.8) is 0 Å². The standard InChI is InChI=1S/C12H16N4O3/c1-8(17)15-10-5-3-2-4-9(10)12(19)11(18)6-7-14-16-13/h2-5,11-12,18-19H,6-7H2,1H3,(H,15,17). The largest absolute Gasteiger partial charge is 0.390 e. The van der Waals surface area contributed by atoms with Crippen LogP contribution in [0.5, 0.6) is 0 Å². The van der Waals surface area contributed by atoms with E-state index in [1.54, 1.807) is 24.3 Å². The van der Waals surface area contributed by atoms with Crippen molar-refractivity contribution in [1.29, 1.82) is 0 Å². The van der Waals surface area contributed by atoms with E-state index in [1.807, 2.05) is 0 Å². The van der Waals surface area contributed by atoms with Gasteiger partial charge < -0.3 is 15.5 Å². The highest BCUT2D eigenvalue weighted by Gasteiger charge is 2.20. The van der Waals surface area contributed by atoms with Gasteiger partial charge in [0.1, 0.15) is 6.10 Å². The third kappa shape index (κ3) is 4.59. The number of hydrogen-bond donors (Lipinski definition) is 3. The summed E-state index contributed by atoms with van der Waals surface area (Å²) in [5.74, 6) is -0.261. The van der Waals surface area contributed by atoms with E-state index < -0.39 is 12.2 Å². The number of azide groups is 1. The van der Waals surface area contributed by atoms with Crippen LogP contribution in [0.4, 0.5) is 5.69 Å². The highest BCUT2D eigenvalue weighted by molar-refractivity contribution is 5.89. The number of aliphatic hydroxyl groups excluding tert-OH is 2. The summed E-state index contributed by atoms with van der Waals surface area (Å²) in [5, 5.41) is 25.7. The van der Waals surface area contributed by atoms with Crippen LogP contribution in [0.25, 0.3) is 10.4 Å². The quantitative estimate of drug-likeness (QED) is 0.412. The molecule has 1 aromatic carbocycles. The van der Waals surface area contributed by atoms with Gasteiger partial charge >= 0.3 is 0 Å². The number of hydrogen-bond acceptors (Lipinski definition) is 4. The van der Waals surface area contributed by atoms with E-state index in [1.165, 1.54) is 6.92 Å². The van der Waals surface area contributed by atoms with Crippen LogP contribution in [-0.2, 0) is 4.79 Å². The molecule has 1 aromatic rings. The monoisotopic (exact) mass is 264 g/mol. The number of para-hydroxylation sites is 1. The van der Waals surface area contributed by atoms with Crippen LogP contribution < -0.4 is 5.32 Å². The zero-order valence-corrected chi connectivity index (χ0v) is 10.5. The summed E-state index contributed by atoms with van der Waals surface area (Å²) in [4.78, 5) is 13.6. The van der Waals surface area contributed by atoms with Crippen LogP contribution in [0.1, 0.15) is 25.0 Å². The second-order valence-electron chi connectivity index (χ2n) is 4.02. The molecule has 1 amide bonds. The van der Waals surface area contributed by atoms with E-state index >= 15 is 0 Å². The lowest BCUT2D eigenvalue weighted by atomic mass is 10.0. The number of nitrogens with one attached hydrogen (secondary N) is 1. The average Bonchev–Trinajstić information content (AvgIpc) is 2.38. The van der Waals surface area contributed by atoms with Crippen LogP contribution in [0.15, 0.2) is 29.4 Å². The molecule has 19 heavy (non-hydrogen) atoms. The lowest BCUT2D eigenvalue weighted by Gasteiger charge is -2.20. The molecule has 0 bridgehead atoms. The van der Waals surface area contributed by atoms with E-state index in [4.69, 9.17) is 5.53 Å². The highest BCUT2D eigenvalue weighted by Crippen LogP contribution is 2.26. The number of nitrogens with zero attached hydrogens (tertiary/aromatic N) is 3. The average molecular weight is 264 g/mol. The first-order valence-electron chi connectivity index (χ1n) is 5.79. The minimum absolute atomic E-state index is 0.0943. The first kappa shape index (κ1) is 15.0. The molecule has 7 heteroatoms. The van der Waals surface area contributed by atoms with Crippen LogP contribution in [-0.4, -0.2) is 28.8 Å². The second kappa shape index (κ2) is 7.38. The van der Waals surface area contributed by atoms with Crippen molar-refractivity contribution in [2.75, 3.05) is 11.9 Å². The van der Waals surface area contributed by atoms with E-state index in [-0.39, 0.29) is 18.9 Å². The maximum Gasteiger partial charge on any atom is 0.221 e. The number of rotatable bonds is 6. The zero-order chi connectivity index (χ0) is 14.3. The van der Waals surface area contributed by atoms with Gasteiger partial charge in [-0.05, 0) is 18.0 Å². The van der Waals surface area contributed by atoms with Crippen molar-refractivity contribution in [3.05, 3.63) is 40.3 Å². The summed E-state index contributed by atoms with van der Waals surface area (Å²) in [6.07, 6.45) is -2.09. The predicted molar refractivity (Wildman–Crippen MR) is 70.3 cm³/mol. The van der Waals surface area contributed by atoms with Crippen molar-refractivity contribution in [2.45, 2.75) is 25.6 Å². The molecule has 2 atom stereocenters. The summed E-state index contributed by atoms with van der Waals surface area (Å²) < 4.78 is 0. The summed E-state index contributed by atoms with van der Waals surface area (Å²) in [6.45, 7) is 1.46. The molecule has 0 aliphatic heterocycles. The zero-order valence-electron chi connectivity index (χ0n) is 10.5. The summed E-state index contributed by atoms with van der Waals surface area (Å²) in [6, 6.07) is 6.67. The SMILES string of the molecule is CC(=O)Nc1ccccc1C(O)C(O)CCN=[N+]=[N-]. The third-order valence-electron chi connectivity index (χ3n) is 2.54. The molecule has 0 aliphatic carbocycles. The first-order chi connectivity index (χ1) is 9.06. The molecule has 7 nitrogen and oxygen atoms in total. The van der Waals surface area contributed by atoms with Gasteiger partial charge in [0, 0.05) is 29.6 Å². The Kier molecular flexibility index (Phi) is 5.81. The van der Waals surface area contributed by atoms with Gasteiger partial charge in [-0.15, -0.1) is 0 Å². The number of amides is 1. The Hall–Kier alpha value is -2.08.